The smallest absolute Gasteiger partial charge is 0.279 e. The Kier molecular flexibility index (Phi) is 4.59. The van der Waals surface area contributed by atoms with Crippen molar-refractivity contribution in [2.75, 3.05) is 0 Å². The molecule has 3 rings (SSSR count). The molecule has 0 aliphatic rings. The van der Waals surface area contributed by atoms with Gasteiger partial charge in [0, 0.05) is 16.6 Å². The Bertz CT molecular complexity index is 969. The second-order valence-corrected chi connectivity index (χ2v) is 7.11. The first-order chi connectivity index (χ1) is 11.1. The monoisotopic (exact) mass is 386 g/mol. The Hall–Kier alpha value is -1.98. The molecule has 0 aliphatic heterocycles. The molecule has 23 heavy (non-hydrogen) atoms. The first kappa shape index (κ1) is 15.9. The van der Waals surface area contributed by atoms with Crippen LogP contribution in [0.1, 0.15) is 15.9 Å². The summed E-state index contributed by atoms with van der Waals surface area (Å²) in [6.07, 6.45) is 1.81. The lowest BCUT2D eigenvalue weighted by atomic mass is 10.1. The van der Waals surface area contributed by atoms with E-state index in [-0.39, 0.29) is 5.91 Å². The van der Waals surface area contributed by atoms with Gasteiger partial charge in [-0.25, -0.2) is 0 Å². The van der Waals surface area contributed by atoms with Crippen LogP contribution in [0.25, 0.3) is 10.2 Å². The maximum atomic E-state index is 12.5. The van der Waals surface area contributed by atoms with Gasteiger partial charge in [-0.05, 0) is 37.3 Å². The van der Waals surface area contributed by atoms with E-state index in [9.17, 15) is 4.79 Å². The van der Waals surface area contributed by atoms with E-state index in [4.69, 9.17) is 0 Å². The SMILES string of the molecule is C=CCn1c(=NC(=O)c2cccc(C)c2)sc2cc(Br)ccc21. The highest BCUT2D eigenvalue weighted by molar-refractivity contribution is 9.10. The third-order valence-electron chi connectivity index (χ3n) is 3.42. The summed E-state index contributed by atoms with van der Waals surface area (Å²) in [7, 11) is 0. The predicted molar refractivity (Wildman–Crippen MR) is 98.8 cm³/mol. The molecule has 3 nitrogen and oxygen atoms in total. The van der Waals surface area contributed by atoms with Gasteiger partial charge in [-0.2, -0.15) is 4.99 Å². The molecule has 0 saturated heterocycles. The molecular formula is C18H15BrN2OS. The Morgan fingerprint density at radius 2 is 2.17 bits per heavy atom. The van der Waals surface area contributed by atoms with Crippen LogP contribution in [-0.2, 0) is 6.54 Å². The van der Waals surface area contributed by atoms with Gasteiger partial charge in [-0.15, -0.1) is 6.58 Å². The highest BCUT2D eigenvalue weighted by Gasteiger charge is 2.09. The van der Waals surface area contributed by atoms with Gasteiger partial charge in [0.15, 0.2) is 4.80 Å². The van der Waals surface area contributed by atoms with Crippen molar-refractivity contribution < 1.29 is 4.79 Å². The van der Waals surface area contributed by atoms with E-state index >= 15 is 0 Å². The van der Waals surface area contributed by atoms with Crippen molar-refractivity contribution in [3.05, 3.63) is 75.5 Å². The van der Waals surface area contributed by atoms with Crippen LogP contribution in [0, 0.1) is 6.92 Å². The number of fused-ring (bicyclic) bond motifs is 1. The molecule has 0 radical (unpaired) electrons. The molecule has 0 saturated carbocycles. The molecule has 0 fully saturated rings. The van der Waals surface area contributed by atoms with Crippen molar-refractivity contribution in [3.8, 4) is 0 Å². The number of halogens is 1. The van der Waals surface area contributed by atoms with Crippen molar-refractivity contribution in [3.63, 3.8) is 0 Å². The molecule has 3 aromatic rings. The van der Waals surface area contributed by atoms with Crippen molar-refractivity contribution in [1.29, 1.82) is 0 Å². The zero-order valence-corrected chi connectivity index (χ0v) is 15.0. The number of aromatic nitrogens is 1. The van der Waals surface area contributed by atoms with E-state index in [2.05, 4.69) is 27.5 Å². The zero-order valence-electron chi connectivity index (χ0n) is 12.6. The van der Waals surface area contributed by atoms with E-state index in [0.717, 1.165) is 20.3 Å². The standard InChI is InChI=1S/C18H15BrN2OS/c1-3-9-21-15-8-7-14(19)11-16(15)23-18(21)20-17(22)13-6-4-5-12(2)10-13/h3-8,10-11H,1,9H2,2H3. The number of hydrogen-bond donors (Lipinski definition) is 0. The number of carbonyl (C=O) groups excluding carboxylic acids is 1. The highest BCUT2D eigenvalue weighted by Crippen LogP contribution is 2.22. The van der Waals surface area contributed by atoms with Crippen LogP contribution in [0.4, 0.5) is 0 Å². The third kappa shape index (κ3) is 3.35. The molecule has 0 spiro atoms. The minimum atomic E-state index is -0.225. The van der Waals surface area contributed by atoms with Crippen molar-refractivity contribution >= 4 is 43.4 Å². The minimum Gasteiger partial charge on any atom is -0.312 e. The second kappa shape index (κ2) is 6.64. The topological polar surface area (TPSA) is 34.4 Å². The normalized spacial score (nSPS) is 11.8. The van der Waals surface area contributed by atoms with E-state index in [1.54, 1.807) is 6.07 Å². The quantitative estimate of drug-likeness (QED) is 0.600. The summed E-state index contributed by atoms with van der Waals surface area (Å²) < 4.78 is 4.10. The Morgan fingerprint density at radius 3 is 2.91 bits per heavy atom. The van der Waals surface area contributed by atoms with E-state index in [1.165, 1.54) is 11.3 Å². The van der Waals surface area contributed by atoms with Gasteiger partial charge >= 0.3 is 0 Å². The van der Waals surface area contributed by atoms with Gasteiger partial charge in [0.2, 0.25) is 0 Å². The molecule has 2 aromatic carbocycles. The minimum absolute atomic E-state index is 0.225. The fourth-order valence-electron chi connectivity index (χ4n) is 2.37. The van der Waals surface area contributed by atoms with Gasteiger partial charge < -0.3 is 4.57 Å². The first-order valence-electron chi connectivity index (χ1n) is 7.14. The van der Waals surface area contributed by atoms with Crippen molar-refractivity contribution in [2.45, 2.75) is 13.5 Å². The van der Waals surface area contributed by atoms with Crippen LogP contribution in [0.2, 0.25) is 0 Å². The highest BCUT2D eigenvalue weighted by atomic mass is 79.9. The number of allylic oxidation sites excluding steroid dienone is 1. The van der Waals surface area contributed by atoms with Crippen LogP contribution < -0.4 is 4.80 Å². The molecular weight excluding hydrogens is 372 g/mol. The summed E-state index contributed by atoms with van der Waals surface area (Å²) in [5, 5.41) is 0. The number of carbonyl (C=O) groups is 1. The number of amides is 1. The maximum Gasteiger partial charge on any atom is 0.279 e. The number of rotatable bonds is 3. The predicted octanol–water partition coefficient (Wildman–Crippen LogP) is 4.70. The third-order valence-corrected chi connectivity index (χ3v) is 4.95. The number of nitrogens with zero attached hydrogens (tertiary/aromatic N) is 2. The van der Waals surface area contributed by atoms with Crippen LogP contribution >= 0.6 is 27.3 Å². The Labute approximate surface area is 146 Å². The Morgan fingerprint density at radius 1 is 1.35 bits per heavy atom. The van der Waals surface area contributed by atoms with Crippen LogP contribution in [0.15, 0.2) is 64.6 Å². The lowest BCUT2D eigenvalue weighted by Crippen LogP contribution is -2.16. The van der Waals surface area contributed by atoms with Gasteiger partial charge in [0.25, 0.3) is 5.91 Å². The molecule has 1 aromatic heterocycles. The first-order valence-corrected chi connectivity index (χ1v) is 8.75. The molecule has 116 valence electrons. The van der Waals surface area contributed by atoms with Crippen molar-refractivity contribution in [2.24, 2.45) is 4.99 Å². The largest absolute Gasteiger partial charge is 0.312 e. The van der Waals surface area contributed by atoms with Gasteiger partial charge in [-0.1, -0.05) is 51.0 Å². The second-order valence-electron chi connectivity index (χ2n) is 5.18. The summed E-state index contributed by atoms with van der Waals surface area (Å²) >= 11 is 4.98. The molecule has 0 N–H and O–H groups in total. The van der Waals surface area contributed by atoms with Gasteiger partial charge in [-0.3, -0.25) is 4.79 Å². The van der Waals surface area contributed by atoms with Gasteiger partial charge in [0.05, 0.1) is 10.2 Å². The fourth-order valence-corrected chi connectivity index (χ4v) is 3.96. The molecule has 1 heterocycles. The summed E-state index contributed by atoms with van der Waals surface area (Å²) in [4.78, 5) is 17.5. The molecule has 0 aliphatic carbocycles. The number of thiazole rings is 1. The van der Waals surface area contributed by atoms with Crippen molar-refractivity contribution in [1.82, 2.24) is 4.57 Å². The maximum absolute atomic E-state index is 12.5. The average Bonchev–Trinajstić information content (AvgIpc) is 2.84. The number of hydrogen-bond acceptors (Lipinski definition) is 2. The summed E-state index contributed by atoms with van der Waals surface area (Å²) in [5.41, 5.74) is 2.70. The van der Waals surface area contributed by atoms with Gasteiger partial charge in [0.1, 0.15) is 0 Å². The Balaban J connectivity index is 2.16. The van der Waals surface area contributed by atoms with Crippen LogP contribution in [0.3, 0.4) is 0 Å². The number of aryl methyl sites for hydroxylation is 1. The van der Waals surface area contributed by atoms with E-state index < -0.39 is 0 Å². The molecule has 0 unspecified atom stereocenters. The average molecular weight is 387 g/mol. The van der Waals surface area contributed by atoms with E-state index in [1.807, 2.05) is 54.0 Å². The zero-order chi connectivity index (χ0) is 16.4. The van der Waals surface area contributed by atoms with E-state index in [0.29, 0.717) is 16.9 Å². The lowest BCUT2D eigenvalue weighted by molar-refractivity contribution is 0.0998. The molecule has 5 heteroatoms. The number of benzene rings is 2. The summed E-state index contributed by atoms with van der Waals surface area (Å²) in [6.45, 7) is 6.37. The van der Waals surface area contributed by atoms with Crippen LogP contribution in [-0.4, -0.2) is 10.5 Å². The summed E-state index contributed by atoms with van der Waals surface area (Å²) in [5.74, 6) is -0.225. The van der Waals surface area contributed by atoms with Crippen LogP contribution in [0.5, 0.6) is 0 Å². The summed E-state index contributed by atoms with van der Waals surface area (Å²) in [6, 6.07) is 13.5. The fraction of sp³-hybridized carbons (Fsp3) is 0.111. The molecule has 0 bridgehead atoms. The molecule has 0 atom stereocenters. The lowest BCUT2D eigenvalue weighted by Gasteiger charge is -2.01. The molecule has 1 amide bonds.